The Morgan fingerprint density at radius 1 is 1.04 bits per heavy atom. The van der Waals surface area contributed by atoms with Crippen LogP contribution < -0.4 is 15.4 Å². The van der Waals surface area contributed by atoms with Gasteiger partial charge in [-0.15, -0.1) is 0 Å². The summed E-state index contributed by atoms with van der Waals surface area (Å²) in [6, 6.07) is 10.1. The Morgan fingerprint density at radius 2 is 1.77 bits per heavy atom. The van der Waals surface area contributed by atoms with Crippen LogP contribution in [0.4, 0.5) is 4.79 Å². The number of sulfonamides is 1. The van der Waals surface area contributed by atoms with E-state index in [1.54, 1.807) is 30.0 Å². The van der Waals surface area contributed by atoms with E-state index in [1.165, 1.54) is 17.0 Å². The molecule has 1 heterocycles. The van der Waals surface area contributed by atoms with Crippen LogP contribution in [-0.2, 0) is 33.9 Å². The van der Waals surface area contributed by atoms with Crippen molar-refractivity contribution in [3.8, 4) is 0 Å². The summed E-state index contributed by atoms with van der Waals surface area (Å²) in [5, 5.41) is 15.1. The highest BCUT2D eigenvalue weighted by atomic mass is 32.2. The van der Waals surface area contributed by atoms with Gasteiger partial charge in [-0.3, -0.25) is 25.1 Å². The Morgan fingerprint density at radius 3 is 2.46 bits per heavy atom. The number of fused-ring (bicyclic) bond motifs is 1. The van der Waals surface area contributed by atoms with Gasteiger partial charge in [-0.25, -0.2) is 13.2 Å². The van der Waals surface area contributed by atoms with E-state index in [2.05, 4.69) is 15.4 Å². The fourth-order valence-corrected chi connectivity index (χ4v) is 6.72. The molecule has 14 nitrogen and oxygen atoms in total. The predicted octanol–water partition coefficient (Wildman–Crippen LogP) is 2.58. The first kappa shape index (κ1) is 36.6. The van der Waals surface area contributed by atoms with Crippen LogP contribution in [0.3, 0.4) is 0 Å². The van der Waals surface area contributed by atoms with Gasteiger partial charge < -0.3 is 24.6 Å². The summed E-state index contributed by atoms with van der Waals surface area (Å²) in [6.07, 6.45) is 1.59. The van der Waals surface area contributed by atoms with Crippen LogP contribution >= 0.6 is 0 Å². The van der Waals surface area contributed by atoms with E-state index in [0.29, 0.717) is 31.3 Å². The van der Waals surface area contributed by atoms with Gasteiger partial charge in [0, 0.05) is 25.7 Å². The zero-order valence-electron chi connectivity index (χ0n) is 27.7. The van der Waals surface area contributed by atoms with E-state index < -0.39 is 46.4 Å². The summed E-state index contributed by atoms with van der Waals surface area (Å²) in [6.45, 7) is 6.65. The molecule has 2 aliphatic rings. The van der Waals surface area contributed by atoms with Crippen molar-refractivity contribution in [2.45, 2.75) is 69.9 Å². The third-order valence-electron chi connectivity index (χ3n) is 8.08. The number of carbonyl (C=O) groups is 4. The summed E-state index contributed by atoms with van der Waals surface area (Å²) >= 11 is 0. The number of benzene rings is 2. The molecule has 48 heavy (non-hydrogen) atoms. The van der Waals surface area contributed by atoms with Crippen molar-refractivity contribution in [1.29, 1.82) is 5.41 Å². The molecule has 4 N–H and O–H groups in total. The maximum Gasteiger partial charge on any atom is 0.413 e. The minimum absolute atomic E-state index is 0.0609. The molecule has 1 saturated heterocycles. The number of carbonyl (C=O) groups excluding carboxylic acids is 4. The van der Waals surface area contributed by atoms with E-state index >= 15 is 0 Å². The van der Waals surface area contributed by atoms with Crippen molar-refractivity contribution in [2.24, 2.45) is 11.8 Å². The van der Waals surface area contributed by atoms with Crippen molar-refractivity contribution >= 4 is 50.6 Å². The fraction of sp³-hybridized carbons (Fsp3) is 0.545. The van der Waals surface area contributed by atoms with E-state index in [-0.39, 0.29) is 55.0 Å². The molecule has 1 aliphatic carbocycles. The molecule has 0 unspecified atom stereocenters. The largest absolute Gasteiger partial charge is 0.465 e. The number of guanidine groups is 1. The van der Waals surface area contributed by atoms with Crippen LogP contribution in [0.5, 0.6) is 0 Å². The summed E-state index contributed by atoms with van der Waals surface area (Å²) in [5.41, 5.74) is 0. The van der Waals surface area contributed by atoms with E-state index in [4.69, 9.17) is 14.9 Å². The first-order chi connectivity index (χ1) is 22.9. The SMILES string of the molecule is CCOC(=O)CN(C(=O)[C@H](CC(=O)NC[C@@H]1CCCN(C(=N)NC(=O)OCC(C)C)C1)NS(=O)(=O)c1ccc2ccccc2c1)C1CC1. The molecule has 2 atom stereocenters. The minimum Gasteiger partial charge on any atom is -0.465 e. The average molecular weight is 687 g/mol. The van der Waals surface area contributed by atoms with E-state index in [9.17, 15) is 27.6 Å². The number of hydrogen-bond acceptors (Lipinski definition) is 9. The molecular formula is C33H46N6O8S. The number of esters is 1. The van der Waals surface area contributed by atoms with E-state index in [0.717, 1.165) is 18.2 Å². The maximum atomic E-state index is 13.9. The lowest BCUT2D eigenvalue weighted by molar-refractivity contribution is -0.150. The number of nitrogens with one attached hydrogen (secondary N) is 4. The Hall–Kier alpha value is -4.24. The second-order valence-electron chi connectivity index (χ2n) is 12.6. The van der Waals surface area contributed by atoms with Crippen LogP contribution in [0.15, 0.2) is 47.4 Å². The van der Waals surface area contributed by atoms with Crippen molar-refractivity contribution in [1.82, 2.24) is 25.2 Å². The van der Waals surface area contributed by atoms with Gasteiger partial charge in [0.1, 0.15) is 12.6 Å². The highest BCUT2D eigenvalue weighted by Crippen LogP contribution is 2.28. The van der Waals surface area contributed by atoms with Crippen LogP contribution in [0, 0.1) is 17.2 Å². The molecule has 15 heteroatoms. The van der Waals surface area contributed by atoms with Gasteiger partial charge in [0.25, 0.3) is 0 Å². The molecule has 1 saturated carbocycles. The van der Waals surface area contributed by atoms with Crippen molar-refractivity contribution in [3.05, 3.63) is 42.5 Å². The number of hydrogen-bond donors (Lipinski definition) is 4. The smallest absolute Gasteiger partial charge is 0.413 e. The molecule has 262 valence electrons. The number of nitrogens with zero attached hydrogens (tertiary/aromatic N) is 2. The topological polar surface area (TPSA) is 187 Å². The standard InChI is InChI=1S/C33H46N6O8S/c1-4-46-30(41)20-39(26-12-13-26)31(42)28(37-48(44,45)27-14-11-24-9-5-6-10-25(24)16-27)17-29(40)35-18-23-8-7-15-38(19-23)32(34)36-33(43)47-21-22(2)3/h5-6,9-11,14,16,22-23,26,28,37H,4,7-8,12-13,15,17-21H2,1-3H3,(H,35,40)(H2,34,36,43)/t23-,28-/m0/s1. The van der Waals surface area contributed by atoms with Gasteiger partial charge in [-0.1, -0.05) is 44.2 Å². The summed E-state index contributed by atoms with van der Waals surface area (Å²) in [5.74, 6) is -1.84. The zero-order valence-corrected chi connectivity index (χ0v) is 28.5. The summed E-state index contributed by atoms with van der Waals surface area (Å²) in [4.78, 5) is 54.4. The van der Waals surface area contributed by atoms with Gasteiger partial charge in [-0.2, -0.15) is 4.72 Å². The van der Waals surface area contributed by atoms with Gasteiger partial charge in [0.2, 0.25) is 27.8 Å². The monoisotopic (exact) mass is 686 g/mol. The molecule has 4 rings (SSSR count). The van der Waals surface area contributed by atoms with Crippen molar-refractivity contribution < 1.29 is 37.1 Å². The first-order valence-corrected chi connectivity index (χ1v) is 17.9. The molecule has 0 spiro atoms. The number of amides is 3. The second kappa shape index (κ2) is 16.7. The Balaban J connectivity index is 1.43. The molecule has 1 aliphatic heterocycles. The van der Waals surface area contributed by atoms with Crippen LogP contribution in [0.25, 0.3) is 10.8 Å². The lowest BCUT2D eigenvalue weighted by Gasteiger charge is -2.34. The lowest BCUT2D eigenvalue weighted by atomic mass is 9.98. The molecule has 2 fully saturated rings. The molecule has 2 aromatic carbocycles. The summed E-state index contributed by atoms with van der Waals surface area (Å²) in [7, 11) is -4.26. The lowest BCUT2D eigenvalue weighted by Crippen LogP contribution is -2.53. The van der Waals surface area contributed by atoms with Crippen LogP contribution in [0.1, 0.15) is 52.9 Å². The molecule has 0 bridgehead atoms. The maximum absolute atomic E-state index is 13.9. The van der Waals surface area contributed by atoms with Crippen LogP contribution in [0.2, 0.25) is 0 Å². The first-order valence-electron chi connectivity index (χ1n) is 16.4. The highest BCUT2D eigenvalue weighted by molar-refractivity contribution is 7.89. The minimum atomic E-state index is -4.26. The number of piperidine rings is 1. The van der Waals surface area contributed by atoms with Gasteiger partial charge >= 0.3 is 12.1 Å². The number of alkyl carbamates (subject to hydrolysis) is 1. The van der Waals surface area contributed by atoms with Crippen molar-refractivity contribution in [2.75, 3.05) is 39.4 Å². The zero-order chi connectivity index (χ0) is 34.8. The summed E-state index contributed by atoms with van der Waals surface area (Å²) < 4.78 is 39.8. The average Bonchev–Trinajstić information content (AvgIpc) is 3.90. The van der Waals surface area contributed by atoms with Crippen molar-refractivity contribution in [3.63, 3.8) is 0 Å². The van der Waals surface area contributed by atoms with Gasteiger partial charge in [-0.05, 0) is 67.3 Å². The van der Waals surface area contributed by atoms with Gasteiger partial charge in [0.15, 0.2) is 0 Å². The molecule has 0 radical (unpaired) electrons. The number of likely N-dealkylation sites (tertiary alicyclic amines) is 1. The highest BCUT2D eigenvalue weighted by Gasteiger charge is 2.39. The molecular weight excluding hydrogens is 640 g/mol. The Kier molecular flexibility index (Phi) is 12.8. The normalized spacial score (nSPS) is 17.0. The predicted molar refractivity (Wildman–Crippen MR) is 178 cm³/mol. The molecule has 2 aromatic rings. The van der Waals surface area contributed by atoms with Gasteiger partial charge in [0.05, 0.1) is 24.5 Å². The third kappa shape index (κ3) is 10.6. The van der Waals surface area contributed by atoms with Crippen LogP contribution in [-0.4, -0.2) is 99.5 Å². The fourth-order valence-electron chi connectivity index (χ4n) is 5.49. The quantitative estimate of drug-likeness (QED) is 0.132. The van der Waals surface area contributed by atoms with E-state index in [1.807, 2.05) is 26.0 Å². The molecule has 3 amide bonds. The molecule has 0 aromatic heterocycles. The number of ether oxygens (including phenoxy) is 2. The second-order valence-corrected chi connectivity index (χ2v) is 14.3. The number of rotatable bonds is 14. The third-order valence-corrected chi connectivity index (χ3v) is 9.55. The Labute approximate surface area is 281 Å². The Bertz CT molecular complexity index is 1600.